The summed E-state index contributed by atoms with van der Waals surface area (Å²) in [7, 11) is -3.57. The van der Waals surface area contributed by atoms with Crippen LogP contribution in [-0.2, 0) is 19.4 Å². The molecule has 1 atom stereocenters. The van der Waals surface area contributed by atoms with Crippen LogP contribution in [0.15, 0.2) is 29.2 Å². The Kier molecular flexibility index (Phi) is 5.93. The van der Waals surface area contributed by atoms with E-state index in [1.54, 1.807) is 4.90 Å². The molecule has 8 heteroatoms. The van der Waals surface area contributed by atoms with Crippen LogP contribution in [0, 0.1) is 11.7 Å². The Bertz CT molecular complexity index is 703. The molecular formula is C16H21FN2O4S. The third kappa shape index (κ3) is 4.53. The van der Waals surface area contributed by atoms with Crippen LogP contribution in [0.25, 0.3) is 0 Å². The number of carbonyl (C=O) groups excluding carboxylic acids is 2. The molecule has 1 unspecified atom stereocenters. The summed E-state index contributed by atoms with van der Waals surface area (Å²) in [6.45, 7) is 2.76. The number of carbonyl (C=O) groups is 2. The maximum absolute atomic E-state index is 12.8. The summed E-state index contributed by atoms with van der Waals surface area (Å²) < 4.78 is 37.1. The molecule has 1 aromatic rings. The molecule has 0 bridgehead atoms. The first kappa shape index (κ1) is 18.4. The minimum Gasteiger partial charge on any atom is -0.355 e. The fourth-order valence-corrected chi connectivity index (χ4v) is 3.80. The summed E-state index contributed by atoms with van der Waals surface area (Å²) in [5.41, 5.74) is 0. The van der Waals surface area contributed by atoms with Crippen molar-refractivity contribution in [3.63, 3.8) is 0 Å². The van der Waals surface area contributed by atoms with Gasteiger partial charge in [0.25, 0.3) is 0 Å². The molecule has 1 fully saturated rings. The number of hydrogen-bond acceptors (Lipinski definition) is 4. The van der Waals surface area contributed by atoms with E-state index in [1.165, 1.54) is 12.1 Å². The fraction of sp³-hybridized carbons (Fsp3) is 0.500. The van der Waals surface area contributed by atoms with Gasteiger partial charge in [0.1, 0.15) is 5.82 Å². The number of rotatable bonds is 6. The van der Waals surface area contributed by atoms with Gasteiger partial charge in [-0.1, -0.05) is 0 Å². The van der Waals surface area contributed by atoms with Crippen molar-refractivity contribution >= 4 is 21.7 Å². The summed E-state index contributed by atoms with van der Waals surface area (Å²) in [5.74, 6) is -1.27. The summed E-state index contributed by atoms with van der Waals surface area (Å²) in [5, 5.41) is 2.62. The number of hydrogen-bond donors (Lipinski definition) is 1. The molecule has 1 saturated heterocycles. The van der Waals surface area contributed by atoms with Crippen LogP contribution in [0.3, 0.4) is 0 Å². The minimum atomic E-state index is -3.57. The molecule has 0 aromatic heterocycles. The van der Waals surface area contributed by atoms with Crippen LogP contribution < -0.4 is 5.32 Å². The van der Waals surface area contributed by atoms with Crippen LogP contribution in [0.1, 0.15) is 19.8 Å². The highest BCUT2D eigenvalue weighted by Crippen LogP contribution is 2.17. The number of nitrogens with zero attached hydrogens (tertiary/aromatic N) is 1. The van der Waals surface area contributed by atoms with E-state index in [9.17, 15) is 22.4 Å². The van der Waals surface area contributed by atoms with E-state index < -0.39 is 15.7 Å². The van der Waals surface area contributed by atoms with E-state index in [4.69, 9.17) is 0 Å². The number of benzene rings is 1. The Morgan fingerprint density at radius 2 is 2.00 bits per heavy atom. The highest BCUT2D eigenvalue weighted by atomic mass is 32.2. The van der Waals surface area contributed by atoms with Crippen molar-refractivity contribution in [2.45, 2.75) is 24.7 Å². The molecule has 1 aliphatic heterocycles. The first-order valence-corrected chi connectivity index (χ1v) is 9.52. The van der Waals surface area contributed by atoms with Crippen molar-refractivity contribution in [2.24, 2.45) is 5.92 Å². The SMILES string of the molecule is CCN1CC(C(=O)NCCS(=O)(=O)c2ccc(F)cc2)CCC1=O. The maximum atomic E-state index is 12.8. The van der Waals surface area contributed by atoms with E-state index in [0.717, 1.165) is 12.1 Å². The van der Waals surface area contributed by atoms with E-state index in [-0.39, 0.29) is 34.9 Å². The van der Waals surface area contributed by atoms with Gasteiger partial charge in [-0.15, -0.1) is 0 Å². The molecule has 24 heavy (non-hydrogen) atoms. The highest BCUT2D eigenvalue weighted by molar-refractivity contribution is 7.91. The monoisotopic (exact) mass is 356 g/mol. The molecule has 1 aliphatic rings. The summed E-state index contributed by atoms with van der Waals surface area (Å²) in [6.07, 6.45) is 0.811. The lowest BCUT2D eigenvalue weighted by Gasteiger charge is -2.31. The largest absolute Gasteiger partial charge is 0.355 e. The quantitative estimate of drug-likeness (QED) is 0.770. The standard InChI is InChI=1S/C16H21FN2O4S/c1-2-19-11-12(3-8-15(19)20)16(21)18-9-10-24(22,23)14-6-4-13(17)5-7-14/h4-7,12H,2-3,8-11H2,1H3,(H,18,21). The number of likely N-dealkylation sites (tertiary alicyclic amines) is 1. The van der Waals surface area contributed by atoms with Crippen LogP contribution in [-0.4, -0.2) is 50.5 Å². The second-order valence-electron chi connectivity index (χ2n) is 5.73. The Balaban J connectivity index is 1.86. The Labute approximate surface area is 140 Å². The van der Waals surface area contributed by atoms with E-state index >= 15 is 0 Å². The van der Waals surface area contributed by atoms with E-state index in [1.807, 2.05) is 6.92 Å². The zero-order chi connectivity index (χ0) is 17.7. The third-order valence-corrected chi connectivity index (χ3v) is 5.83. The summed E-state index contributed by atoms with van der Waals surface area (Å²) in [6, 6.07) is 4.59. The van der Waals surface area contributed by atoms with Crippen molar-refractivity contribution in [1.29, 1.82) is 0 Å². The molecule has 1 N–H and O–H groups in total. The van der Waals surface area contributed by atoms with Gasteiger partial charge in [0, 0.05) is 26.1 Å². The van der Waals surface area contributed by atoms with Gasteiger partial charge in [-0.3, -0.25) is 9.59 Å². The lowest BCUT2D eigenvalue weighted by Crippen LogP contribution is -2.46. The minimum absolute atomic E-state index is 0.0187. The van der Waals surface area contributed by atoms with Crippen molar-refractivity contribution in [1.82, 2.24) is 10.2 Å². The maximum Gasteiger partial charge on any atom is 0.224 e. The van der Waals surface area contributed by atoms with Crippen LogP contribution in [0.5, 0.6) is 0 Å². The molecule has 1 aromatic carbocycles. The van der Waals surface area contributed by atoms with Gasteiger partial charge in [-0.2, -0.15) is 0 Å². The Hall–Kier alpha value is -1.96. The van der Waals surface area contributed by atoms with Gasteiger partial charge < -0.3 is 10.2 Å². The van der Waals surface area contributed by atoms with Crippen molar-refractivity contribution in [3.8, 4) is 0 Å². The normalized spacial score (nSPS) is 18.5. The molecule has 0 radical (unpaired) electrons. The first-order chi connectivity index (χ1) is 11.3. The third-order valence-electron chi connectivity index (χ3n) is 4.10. The van der Waals surface area contributed by atoms with Gasteiger partial charge in [0.2, 0.25) is 11.8 Å². The lowest BCUT2D eigenvalue weighted by atomic mass is 9.97. The molecule has 1 heterocycles. The number of sulfone groups is 1. The molecule has 0 aliphatic carbocycles. The summed E-state index contributed by atoms with van der Waals surface area (Å²) in [4.78, 5) is 25.4. The predicted molar refractivity (Wildman–Crippen MR) is 86.4 cm³/mol. The fourth-order valence-electron chi connectivity index (χ4n) is 2.65. The zero-order valence-corrected chi connectivity index (χ0v) is 14.3. The number of piperidine rings is 1. The second kappa shape index (κ2) is 7.74. The molecule has 0 saturated carbocycles. The van der Waals surface area contributed by atoms with Crippen LogP contribution in [0.2, 0.25) is 0 Å². The second-order valence-corrected chi connectivity index (χ2v) is 7.84. The smallest absolute Gasteiger partial charge is 0.224 e. The van der Waals surface area contributed by atoms with Crippen molar-refractivity contribution < 1.29 is 22.4 Å². The summed E-state index contributed by atoms with van der Waals surface area (Å²) >= 11 is 0. The Morgan fingerprint density at radius 1 is 1.33 bits per heavy atom. The lowest BCUT2D eigenvalue weighted by molar-refractivity contribution is -0.138. The van der Waals surface area contributed by atoms with Crippen molar-refractivity contribution in [2.75, 3.05) is 25.4 Å². The van der Waals surface area contributed by atoms with Gasteiger partial charge in [-0.25, -0.2) is 12.8 Å². The molecule has 0 spiro atoms. The zero-order valence-electron chi connectivity index (χ0n) is 13.5. The van der Waals surface area contributed by atoms with Crippen molar-refractivity contribution in [3.05, 3.63) is 30.1 Å². The highest BCUT2D eigenvalue weighted by Gasteiger charge is 2.29. The van der Waals surface area contributed by atoms with E-state index in [2.05, 4.69) is 5.32 Å². The number of nitrogens with one attached hydrogen (secondary N) is 1. The average Bonchev–Trinajstić information content (AvgIpc) is 2.55. The van der Waals surface area contributed by atoms with Gasteiger partial charge in [0.05, 0.1) is 16.6 Å². The van der Waals surface area contributed by atoms with E-state index in [0.29, 0.717) is 25.9 Å². The van der Waals surface area contributed by atoms with Crippen LogP contribution in [0.4, 0.5) is 4.39 Å². The molecule has 2 amide bonds. The molecule has 2 rings (SSSR count). The van der Waals surface area contributed by atoms with Gasteiger partial charge >= 0.3 is 0 Å². The molecular weight excluding hydrogens is 335 g/mol. The van der Waals surface area contributed by atoms with Crippen LogP contribution >= 0.6 is 0 Å². The topological polar surface area (TPSA) is 83.6 Å². The molecule has 132 valence electrons. The van der Waals surface area contributed by atoms with Gasteiger partial charge in [-0.05, 0) is 37.6 Å². The number of halogens is 1. The number of amides is 2. The Morgan fingerprint density at radius 3 is 2.62 bits per heavy atom. The molecule has 6 nitrogen and oxygen atoms in total. The predicted octanol–water partition coefficient (Wildman–Crippen LogP) is 0.974. The first-order valence-electron chi connectivity index (χ1n) is 7.87. The average molecular weight is 356 g/mol. The van der Waals surface area contributed by atoms with Gasteiger partial charge in [0.15, 0.2) is 9.84 Å².